The van der Waals surface area contributed by atoms with Crippen molar-refractivity contribution in [3.63, 3.8) is 0 Å². The van der Waals surface area contributed by atoms with Gasteiger partial charge in [-0.25, -0.2) is 0 Å². The average Bonchev–Trinajstić information content (AvgIpc) is 2.39. The molecular formula is C15H19NO3. The number of amides is 1. The molecule has 1 amide bonds. The first-order valence-corrected chi connectivity index (χ1v) is 6.64. The van der Waals surface area contributed by atoms with E-state index in [9.17, 15) is 9.59 Å². The highest BCUT2D eigenvalue weighted by Gasteiger charge is 2.31. The first-order valence-electron chi connectivity index (χ1n) is 6.64. The monoisotopic (exact) mass is 261 g/mol. The van der Waals surface area contributed by atoms with Crippen molar-refractivity contribution in [2.24, 2.45) is 5.92 Å². The fourth-order valence-corrected chi connectivity index (χ4v) is 2.64. The number of carboxylic acid groups (broad SMARTS) is 1. The Morgan fingerprint density at radius 2 is 2.00 bits per heavy atom. The third-order valence-corrected chi connectivity index (χ3v) is 3.74. The van der Waals surface area contributed by atoms with E-state index in [1.165, 1.54) is 0 Å². The lowest BCUT2D eigenvalue weighted by Crippen LogP contribution is -2.46. The van der Waals surface area contributed by atoms with Crippen molar-refractivity contribution in [3.05, 3.63) is 35.9 Å². The van der Waals surface area contributed by atoms with Crippen LogP contribution in [0.1, 0.15) is 25.3 Å². The summed E-state index contributed by atoms with van der Waals surface area (Å²) in [4.78, 5) is 25.0. The molecule has 0 saturated carbocycles. The standard InChI is InChI=1S/C15H19NO3/c1-11-9-13(15(18)19)7-8-16(11)14(17)10-12-5-3-2-4-6-12/h2-6,11,13H,7-10H2,1H3,(H,18,19). The van der Waals surface area contributed by atoms with E-state index in [2.05, 4.69) is 0 Å². The molecule has 0 aromatic heterocycles. The summed E-state index contributed by atoms with van der Waals surface area (Å²) in [5.41, 5.74) is 1.00. The number of likely N-dealkylation sites (tertiary alicyclic amines) is 1. The Kier molecular flexibility index (Phi) is 4.20. The number of hydrogen-bond acceptors (Lipinski definition) is 2. The molecule has 1 aliphatic heterocycles. The zero-order chi connectivity index (χ0) is 13.8. The largest absolute Gasteiger partial charge is 0.481 e. The lowest BCUT2D eigenvalue weighted by atomic mass is 9.91. The second-order valence-electron chi connectivity index (χ2n) is 5.16. The minimum atomic E-state index is -0.748. The topological polar surface area (TPSA) is 57.6 Å². The van der Waals surface area contributed by atoms with Crippen LogP contribution < -0.4 is 0 Å². The maximum absolute atomic E-state index is 12.2. The van der Waals surface area contributed by atoms with Gasteiger partial charge in [-0.05, 0) is 25.3 Å². The van der Waals surface area contributed by atoms with Crippen molar-refractivity contribution >= 4 is 11.9 Å². The van der Waals surface area contributed by atoms with E-state index in [1.807, 2.05) is 42.2 Å². The Labute approximate surface area is 113 Å². The van der Waals surface area contributed by atoms with Crippen LogP contribution in [0.25, 0.3) is 0 Å². The van der Waals surface area contributed by atoms with Gasteiger partial charge in [-0.3, -0.25) is 9.59 Å². The fraction of sp³-hybridized carbons (Fsp3) is 0.467. The second-order valence-corrected chi connectivity index (χ2v) is 5.16. The van der Waals surface area contributed by atoms with Gasteiger partial charge in [-0.2, -0.15) is 0 Å². The highest BCUT2D eigenvalue weighted by molar-refractivity contribution is 5.79. The highest BCUT2D eigenvalue weighted by atomic mass is 16.4. The molecule has 1 aliphatic rings. The van der Waals surface area contributed by atoms with Crippen molar-refractivity contribution in [1.29, 1.82) is 0 Å². The number of carboxylic acids is 1. The van der Waals surface area contributed by atoms with Crippen LogP contribution in [0.15, 0.2) is 30.3 Å². The van der Waals surface area contributed by atoms with E-state index in [-0.39, 0.29) is 17.9 Å². The molecule has 2 rings (SSSR count). The van der Waals surface area contributed by atoms with Gasteiger partial charge in [0.05, 0.1) is 12.3 Å². The van der Waals surface area contributed by atoms with Crippen molar-refractivity contribution in [2.75, 3.05) is 6.54 Å². The van der Waals surface area contributed by atoms with Gasteiger partial charge >= 0.3 is 5.97 Å². The lowest BCUT2D eigenvalue weighted by molar-refractivity contribution is -0.147. The zero-order valence-corrected chi connectivity index (χ0v) is 11.1. The van der Waals surface area contributed by atoms with E-state index in [4.69, 9.17) is 5.11 Å². The van der Waals surface area contributed by atoms with Crippen LogP contribution in [-0.4, -0.2) is 34.5 Å². The van der Waals surface area contributed by atoms with Gasteiger partial charge in [-0.1, -0.05) is 30.3 Å². The van der Waals surface area contributed by atoms with Gasteiger partial charge in [0, 0.05) is 12.6 Å². The number of nitrogens with zero attached hydrogens (tertiary/aromatic N) is 1. The van der Waals surface area contributed by atoms with Gasteiger partial charge in [0.15, 0.2) is 0 Å². The Balaban J connectivity index is 1.95. The number of carbonyl (C=O) groups excluding carboxylic acids is 1. The van der Waals surface area contributed by atoms with E-state index in [0.29, 0.717) is 25.8 Å². The molecule has 1 aromatic rings. The Bertz CT molecular complexity index is 458. The molecule has 4 nitrogen and oxygen atoms in total. The third-order valence-electron chi connectivity index (χ3n) is 3.74. The molecule has 1 saturated heterocycles. The Hall–Kier alpha value is -1.84. The molecule has 4 heteroatoms. The molecule has 1 fully saturated rings. The maximum atomic E-state index is 12.2. The van der Waals surface area contributed by atoms with Crippen LogP contribution in [0.4, 0.5) is 0 Å². The summed E-state index contributed by atoms with van der Waals surface area (Å²) >= 11 is 0. The summed E-state index contributed by atoms with van der Waals surface area (Å²) in [6.45, 7) is 2.47. The molecule has 19 heavy (non-hydrogen) atoms. The number of aliphatic carboxylic acids is 1. The summed E-state index contributed by atoms with van der Waals surface area (Å²) in [5.74, 6) is -0.972. The molecule has 1 N–H and O–H groups in total. The van der Waals surface area contributed by atoms with Crippen molar-refractivity contribution in [1.82, 2.24) is 4.90 Å². The molecule has 0 aliphatic carbocycles. The van der Waals surface area contributed by atoms with Crippen molar-refractivity contribution in [3.8, 4) is 0 Å². The lowest BCUT2D eigenvalue weighted by Gasteiger charge is -2.36. The summed E-state index contributed by atoms with van der Waals surface area (Å²) in [6.07, 6.45) is 1.50. The smallest absolute Gasteiger partial charge is 0.306 e. The molecule has 102 valence electrons. The van der Waals surface area contributed by atoms with Crippen molar-refractivity contribution in [2.45, 2.75) is 32.2 Å². The minimum absolute atomic E-state index is 0.00561. The second kappa shape index (κ2) is 5.87. The molecular weight excluding hydrogens is 242 g/mol. The van der Waals surface area contributed by atoms with E-state index < -0.39 is 5.97 Å². The maximum Gasteiger partial charge on any atom is 0.306 e. The molecule has 1 aromatic carbocycles. The Morgan fingerprint density at radius 1 is 1.32 bits per heavy atom. The van der Waals surface area contributed by atoms with Crippen LogP contribution in [-0.2, 0) is 16.0 Å². The molecule has 0 radical (unpaired) electrons. The summed E-state index contributed by atoms with van der Waals surface area (Å²) in [5, 5.41) is 9.01. The fourth-order valence-electron chi connectivity index (χ4n) is 2.64. The van der Waals surface area contributed by atoms with Gasteiger partial charge in [0.1, 0.15) is 0 Å². The number of benzene rings is 1. The van der Waals surface area contributed by atoms with Crippen LogP contribution >= 0.6 is 0 Å². The van der Waals surface area contributed by atoms with Crippen LogP contribution in [0, 0.1) is 5.92 Å². The van der Waals surface area contributed by atoms with Gasteiger partial charge in [-0.15, -0.1) is 0 Å². The molecule has 0 spiro atoms. The first-order chi connectivity index (χ1) is 9.08. The van der Waals surface area contributed by atoms with E-state index >= 15 is 0 Å². The Morgan fingerprint density at radius 3 is 2.58 bits per heavy atom. The van der Waals surface area contributed by atoms with Gasteiger partial charge in [0.2, 0.25) is 5.91 Å². The number of rotatable bonds is 3. The van der Waals surface area contributed by atoms with Crippen LogP contribution in [0.3, 0.4) is 0 Å². The third kappa shape index (κ3) is 3.34. The highest BCUT2D eigenvalue weighted by Crippen LogP contribution is 2.23. The molecule has 2 atom stereocenters. The van der Waals surface area contributed by atoms with Gasteiger partial charge in [0.25, 0.3) is 0 Å². The van der Waals surface area contributed by atoms with Crippen LogP contribution in [0.2, 0.25) is 0 Å². The zero-order valence-electron chi connectivity index (χ0n) is 11.1. The number of carbonyl (C=O) groups is 2. The molecule has 2 unspecified atom stereocenters. The summed E-state index contributed by atoms with van der Waals surface area (Å²) < 4.78 is 0. The SMILES string of the molecule is CC1CC(C(=O)O)CCN1C(=O)Cc1ccccc1. The predicted octanol–water partition coefficient (Wildman–Crippen LogP) is 1.94. The van der Waals surface area contributed by atoms with Crippen molar-refractivity contribution < 1.29 is 14.7 Å². The first kappa shape index (κ1) is 13.6. The number of piperidine rings is 1. The summed E-state index contributed by atoms with van der Waals surface area (Å²) in [6, 6.07) is 9.64. The van der Waals surface area contributed by atoms with E-state index in [1.54, 1.807) is 0 Å². The average molecular weight is 261 g/mol. The molecule has 1 heterocycles. The predicted molar refractivity (Wildman–Crippen MR) is 71.7 cm³/mol. The molecule has 0 bridgehead atoms. The quantitative estimate of drug-likeness (QED) is 0.904. The number of hydrogen-bond donors (Lipinski definition) is 1. The summed E-state index contributed by atoms with van der Waals surface area (Å²) in [7, 11) is 0. The minimum Gasteiger partial charge on any atom is -0.481 e. The normalized spacial score (nSPS) is 23.1. The van der Waals surface area contributed by atoms with E-state index in [0.717, 1.165) is 5.56 Å². The van der Waals surface area contributed by atoms with Crippen LogP contribution in [0.5, 0.6) is 0 Å². The van der Waals surface area contributed by atoms with Gasteiger partial charge < -0.3 is 10.0 Å².